The third kappa shape index (κ3) is 2.99. The second-order valence-electron chi connectivity index (χ2n) is 7.00. The van der Waals surface area contributed by atoms with Crippen LogP contribution in [0.1, 0.15) is 35.0 Å². The molecule has 140 valence electrons. The Bertz CT molecular complexity index is 990. The number of benzene rings is 1. The SMILES string of the molecule is Fc1ccccc1-n1cc([C@@H]2C[C@]3(CCN2)OCCc2cc(Cl)sc23)nn1. The highest BCUT2D eigenvalue weighted by Crippen LogP contribution is 2.48. The van der Waals surface area contributed by atoms with Crippen molar-refractivity contribution in [2.75, 3.05) is 13.2 Å². The highest BCUT2D eigenvalue weighted by atomic mass is 35.5. The molecule has 5 rings (SSSR count). The van der Waals surface area contributed by atoms with Crippen molar-refractivity contribution in [2.24, 2.45) is 0 Å². The fraction of sp³-hybridized carbons (Fsp3) is 0.368. The van der Waals surface area contributed by atoms with Crippen molar-refractivity contribution in [3.63, 3.8) is 0 Å². The van der Waals surface area contributed by atoms with E-state index < -0.39 is 0 Å². The molecule has 1 N–H and O–H groups in total. The molecule has 8 heteroatoms. The van der Waals surface area contributed by atoms with Crippen molar-refractivity contribution in [1.82, 2.24) is 20.3 Å². The van der Waals surface area contributed by atoms with Gasteiger partial charge in [0.15, 0.2) is 0 Å². The number of nitrogens with zero attached hydrogens (tertiary/aromatic N) is 3. The van der Waals surface area contributed by atoms with Crippen molar-refractivity contribution >= 4 is 22.9 Å². The van der Waals surface area contributed by atoms with Gasteiger partial charge in [-0.2, -0.15) is 0 Å². The minimum atomic E-state index is -0.330. The van der Waals surface area contributed by atoms with E-state index in [0.717, 1.165) is 35.8 Å². The highest BCUT2D eigenvalue weighted by molar-refractivity contribution is 7.16. The maximum absolute atomic E-state index is 14.0. The van der Waals surface area contributed by atoms with Crippen LogP contribution in [0.5, 0.6) is 0 Å². The molecule has 1 aromatic carbocycles. The largest absolute Gasteiger partial charge is 0.369 e. The Morgan fingerprint density at radius 2 is 2.26 bits per heavy atom. The number of ether oxygens (including phenoxy) is 1. The number of fused-ring (bicyclic) bond motifs is 2. The summed E-state index contributed by atoms with van der Waals surface area (Å²) in [5.74, 6) is -0.324. The third-order valence-electron chi connectivity index (χ3n) is 5.36. The van der Waals surface area contributed by atoms with Crippen molar-refractivity contribution in [1.29, 1.82) is 0 Å². The molecule has 0 radical (unpaired) electrons. The number of halogens is 2. The first-order valence-corrected chi connectivity index (χ1v) is 10.2. The van der Waals surface area contributed by atoms with Gasteiger partial charge in [0, 0.05) is 11.3 Å². The molecule has 5 nitrogen and oxygen atoms in total. The lowest BCUT2D eigenvalue weighted by molar-refractivity contribution is -0.0871. The molecule has 2 aliphatic heterocycles. The Labute approximate surface area is 165 Å². The lowest BCUT2D eigenvalue weighted by Gasteiger charge is -2.43. The molecule has 0 saturated carbocycles. The van der Waals surface area contributed by atoms with Gasteiger partial charge in [0.25, 0.3) is 0 Å². The van der Waals surface area contributed by atoms with E-state index in [4.69, 9.17) is 16.3 Å². The second-order valence-corrected chi connectivity index (χ2v) is 8.68. The van der Waals surface area contributed by atoms with E-state index in [2.05, 4.69) is 21.7 Å². The van der Waals surface area contributed by atoms with E-state index in [1.54, 1.807) is 35.7 Å². The first kappa shape index (κ1) is 17.3. The summed E-state index contributed by atoms with van der Waals surface area (Å²) in [6, 6.07) is 8.61. The Hall–Kier alpha value is -1.80. The Morgan fingerprint density at radius 1 is 1.37 bits per heavy atom. The van der Waals surface area contributed by atoms with Crippen LogP contribution in [-0.4, -0.2) is 28.1 Å². The maximum Gasteiger partial charge on any atom is 0.148 e. The Kier molecular flexibility index (Phi) is 4.27. The smallest absolute Gasteiger partial charge is 0.148 e. The van der Waals surface area contributed by atoms with Gasteiger partial charge in [0.2, 0.25) is 0 Å². The molecule has 4 heterocycles. The zero-order valence-corrected chi connectivity index (χ0v) is 16.1. The van der Waals surface area contributed by atoms with E-state index in [-0.39, 0.29) is 17.5 Å². The van der Waals surface area contributed by atoms with Crippen LogP contribution in [0.4, 0.5) is 4.39 Å². The topological polar surface area (TPSA) is 52.0 Å². The normalized spacial score (nSPS) is 24.9. The summed E-state index contributed by atoms with van der Waals surface area (Å²) in [6.07, 6.45) is 4.35. The molecular weight excluding hydrogens is 387 g/mol. The summed E-state index contributed by atoms with van der Waals surface area (Å²) < 4.78 is 22.6. The number of rotatable bonds is 2. The van der Waals surface area contributed by atoms with Gasteiger partial charge in [-0.3, -0.25) is 0 Å². The zero-order valence-electron chi connectivity index (χ0n) is 14.5. The molecule has 1 saturated heterocycles. The van der Waals surface area contributed by atoms with E-state index >= 15 is 0 Å². The number of aromatic nitrogens is 3. The van der Waals surface area contributed by atoms with Gasteiger partial charge in [-0.15, -0.1) is 16.4 Å². The van der Waals surface area contributed by atoms with Crippen LogP contribution in [0.25, 0.3) is 5.69 Å². The van der Waals surface area contributed by atoms with E-state index in [9.17, 15) is 4.39 Å². The van der Waals surface area contributed by atoms with Gasteiger partial charge in [-0.25, -0.2) is 9.07 Å². The Balaban J connectivity index is 1.45. The summed E-state index contributed by atoms with van der Waals surface area (Å²) in [5, 5.41) is 11.9. The lowest BCUT2D eigenvalue weighted by atomic mass is 9.82. The lowest BCUT2D eigenvalue weighted by Crippen LogP contribution is -2.45. The predicted octanol–water partition coefficient (Wildman–Crippen LogP) is 4.01. The van der Waals surface area contributed by atoms with Crippen molar-refractivity contribution in [3.05, 3.63) is 62.8 Å². The highest BCUT2D eigenvalue weighted by Gasteiger charge is 2.44. The summed E-state index contributed by atoms with van der Waals surface area (Å²) in [5.41, 5.74) is 2.15. The maximum atomic E-state index is 14.0. The van der Waals surface area contributed by atoms with Gasteiger partial charge < -0.3 is 10.1 Å². The van der Waals surface area contributed by atoms with Crippen LogP contribution in [0.2, 0.25) is 4.34 Å². The minimum Gasteiger partial charge on any atom is -0.369 e. The van der Waals surface area contributed by atoms with E-state index in [1.165, 1.54) is 21.2 Å². The number of hydrogen-bond acceptors (Lipinski definition) is 5. The van der Waals surface area contributed by atoms with Gasteiger partial charge in [0.05, 0.1) is 23.2 Å². The number of thiophene rings is 1. The molecule has 3 aromatic rings. The summed E-state index contributed by atoms with van der Waals surface area (Å²) in [6.45, 7) is 1.51. The first-order valence-electron chi connectivity index (χ1n) is 8.98. The van der Waals surface area contributed by atoms with Crippen LogP contribution < -0.4 is 5.32 Å². The Morgan fingerprint density at radius 3 is 3.15 bits per heavy atom. The standard InChI is InChI=1S/C19H18ClFN4OS/c20-17-9-12-5-8-26-19(18(12)27-17)6-7-22-14(10-19)15-11-25(24-23-15)16-4-2-1-3-13(16)21/h1-4,9,11,14,22H,5-8,10H2/t14-,19-/m0/s1. The fourth-order valence-electron chi connectivity index (χ4n) is 4.08. The number of piperidine rings is 1. The number of nitrogens with one attached hydrogen (secondary N) is 1. The second kappa shape index (κ2) is 6.67. The molecule has 1 fully saturated rings. The zero-order chi connectivity index (χ0) is 18.4. The van der Waals surface area contributed by atoms with Gasteiger partial charge in [-0.1, -0.05) is 28.9 Å². The average Bonchev–Trinajstić information content (AvgIpc) is 3.30. The molecular formula is C19H18ClFN4OS. The monoisotopic (exact) mass is 404 g/mol. The van der Waals surface area contributed by atoms with E-state index in [1.807, 2.05) is 0 Å². The third-order valence-corrected chi connectivity index (χ3v) is 6.86. The van der Waals surface area contributed by atoms with Crippen molar-refractivity contribution < 1.29 is 9.13 Å². The number of para-hydroxylation sites is 1. The van der Waals surface area contributed by atoms with Crippen LogP contribution in [0.3, 0.4) is 0 Å². The molecule has 2 aromatic heterocycles. The molecule has 0 bridgehead atoms. The minimum absolute atomic E-state index is 0.00824. The van der Waals surface area contributed by atoms with Crippen molar-refractivity contribution in [3.8, 4) is 5.69 Å². The molecule has 2 atom stereocenters. The molecule has 2 aliphatic rings. The predicted molar refractivity (Wildman–Crippen MR) is 102 cm³/mol. The molecule has 0 amide bonds. The van der Waals surface area contributed by atoms with Gasteiger partial charge in [0.1, 0.15) is 22.8 Å². The molecule has 0 unspecified atom stereocenters. The molecule has 27 heavy (non-hydrogen) atoms. The summed E-state index contributed by atoms with van der Waals surface area (Å²) in [4.78, 5) is 1.24. The fourth-order valence-corrected chi connectivity index (χ4v) is 5.56. The quantitative estimate of drug-likeness (QED) is 0.701. The molecule has 1 spiro atoms. The van der Waals surface area contributed by atoms with Crippen molar-refractivity contribution in [2.45, 2.75) is 30.9 Å². The van der Waals surface area contributed by atoms with E-state index in [0.29, 0.717) is 12.3 Å². The van der Waals surface area contributed by atoms with Crippen LogP contribution >= 0.6 is 22.9 Å². The summed E-state index contributed by atoms with van der Waals surface area (Å²) in [7, 11) is 0. The molecule has 0 aliphatic carbocycles. The first-order chi connectivity index (χ1) is 13.1. The number of hydrogen-bond donors (Lipinski definition) is 1. The van der Waals surface area contributed by atoms with Crippen LogP contribution in [0, 0.1) is 5.82 Å². The van der Waals surface area contributed by atoms with Crippen LogP contribution in [-0.2, 0) is 16.8 Å². The average molecular weight is 405 g/mol. The van der Waals surface area contributed by atoms with Gasteiger partial charge >= 0.3 is 0 Å². The summed E-state index contributed by atoms with van der Waals surface area (Å²) >= 11 is 7.90. The van der Waals surface area contributed by atoms with Crippen LogP contribution in [0.15, 0.2) is 36.5 Å². The van der Waals surface area contributed by atoms with Gasteiger partial charge in [-0.05, 0) is 43.1 Å².